The molecule has 156 valence electrons. The molecule has 30 heavy (non-hydrogen) atoms. The molecule has 6 nitrogen and oxygen atoms in total. The van der Waals surface area contributed by atoms with Crippen molar-refractivity contribution in [1.82, 2.24) is 9.88 Å². The van der Waals surface area contributed by atoms with Crippen molar-refractivity contribution in [2.75, 3.05) is 38.7 Å². The van der Waals surface area contributed by atoms with E-state index in [4.69, 9.17) is 9.15 Å². The molecule has 0 saturated carbocycles. The van der Waals surface area contributed by atoms with Crippen molar-refractivity contribution in [3.05, 3.63) is 54.0 Å². The Morgan fingerprint density at radius 1 is 1.20 bits per heavy atom. The summed E-state index contributed by atoms with van der Waals surface area (Å²) in [6.07, 6.45) is 0. The molecule has 2 aromatic heterocycles. The molecule has 0 unspecified atom stereocenters. The molecule has 2 aromatic carbocycles. The molecule has 8 heteroatoms. The Morgan fingerprint density at radius 2 is 2.00 bits per heavy atom. The van der Waals surface area contributed by atoms with E-state index < -0.39 is 5.82 Å². The summed E-state index contributed by atoms with van der Waals surface area (Å²) < 4.78 is 26.4. The number of aromatic nitrogens is 1. The second-order valence-corrected chi connectivity index (χ2v) is 8.07. The van der Waals surface area contributed by atoms with Crippen LogP contribution in [0.1, 0.15) is 17.5 Å². The Labute approximate surface area is 177 Å². The van der Waals surface area contributed by atoms with Crippen molar-refractivity contribution < 1.29 is 18.3 Å². The molecule has 0 aliphatic rings. The molecule has 0 aliphatic heterocycles. The maximum atomic E-state index is 14.2. The average molecular weight is 428 g/mol. The highest BCUT2D eigenvalue weighted by Gasteiger charge is 2.25. The number of para-hydroxylation sites is 2. The van der Waals surface area contributed by atoms with Gasteiger partial charge in [0.05, 0.1) is 11.3 Å². The third-order valence-corrected chi connectivity index (χ3v) is 5.67. The average Bonchev–Trinajstić information content (AvgIpc) is 3.34. The number of halogens is 1. The van der Waals surface area contributed by atoms with Crippen LogP contribution in [0, 0.1) is 5.82 Å². The number of amides is 1. The fraction of sp³-hybridized carbons (Fsp3) is 0.273. The van der Waals surface area contributed by atoms with Gasteiger partial charge in [0.25, 0.3) is 5.91 Å². The second-order valence-electron chi connectivity index (χ2n) is 7.06. The smallest absolute Gasteiger partial charge is 0.295 e. The van der Waals surface area contributed by atoms with Gasteiger partial charge in [-0.05, 0) is 45.3 Å². The minimum atomic E-state index is -0.403. The summed E-state index contributed by atoms with van der Waals surface area (Å²) >= 11 is 1.28. The summed E-state index contributed by atoms with van der Waals surface area (Å²) in [5.74, 6) is 0.0571. The number of furan rings is 1. The summed E-state index contributed by atoms with van der Waals surface area (Å²) in [6, 6.07) is 12.0. The monoisotopic (exact) mass is 427 g/mol. The van der Waals surface area contributed by atoms with Crippen LogP contribution in [-0.2, 0) is 0 Å². The molecule has 0 radical (unpaired) electrons. The lowest BCUT2D eigenvalue weighted by molar-refractivity contribution is 0.0960. The highest BCUT2D eigenvalue weighted by atomic mass is 32.1. The number of likely N-dealkylation sites (N-methyl/N-ethyl adjacent to an activating group) is 1. The van der Waals surface area contributed by atoms with Crippen molar-refractivity contribution in [3.63, 3.8) is 0 Å². The molecule has 0 bridgehead atoms. The summed E-state index contributed by atoms with van der Waals surface area (Å²) in [5, 5.41) is 1.22. The molecular formula is C22H22FN3O3S. The van der Waals surface area contributed by atoms with Crippen molar-refractivity contribution in [1.29, 1.82) is 0 Å². The van der Waals surface area contributed by atoms with Crippen molar-refractivity contribution in [3.8, 4) is 5.75 Å². The largest absolute Gasteiger partial charge is 0.490 e. The van der Waals surface area contributed by atoms with Gasteiger partial charge in [-0.2, -0.15) is 0 Å². The lowest BCUT2D eigenvalue weighted by atomic mass is 10.2. The number of anilines is 1. The van der Waals surface area contributed by atoms with Gasteiger partial charge in [-0.1, -0.05) is 29.5 Å². The Balaban J connectivity index is 1.74. The molecule has 0 fully saturated rings. The molecule has 0 atom stereocenters. The fourth-order valence-electron chi connectivity index (χ4n) is 3.15. The maximum Gasteiger partial charge on any atom is 0.295 e. The van der Waals surface area contributed by atoms with Gasteiger partial charge in [0, 0.05) is 18.5 Å². The zero-order valence-electron chi connectivity index (χ0n) is 17.0. The number of hydrogen-bond acceptors (Lipinski definition) is 6. The first-order chi connectivity index (χ1) is 14.5. The molecule has 0 spiro atoms. The van der Waals surface area contributed by atoms with Crippen LogP contribution < -0.4 is 9.64 Å². The first-order valence-corrected chi connectivity index (χ1v) is 10.5. The van der Waals surface area contributed by atoms with E-state index in [2.05, 4.69) is 4.98 Å². The van der Waals surface area contributed by atoms with Gasteiger partial charge in [-0.3, -0.25) is 9.69 Å². The zero-order valence-corrected chi connectivity index (χ0v) is 17.8. The highest BCUT2D eigenvalue weighted by Crippen LogP contribution is 2.33. The van der Waals surface area contributed by atoms with Crippen LogP contribution in [-0.4, -0.2) is 49.6 Å². The third-order valence-electron chi connectivity index (χ3n) is 4.62. The predicted octanol–water partition coefficient (Wildman–Crippen LogP) is 4.79. The third kappa shape index (κ3) is 3.88. The molecule has 0 saturated heterocycles. The van der Waals surface area contributed by atoms with Gasteiger partial charge in [0.15, 0.2) is 22.2 Å². The van der Waals surface area contributed by atoms with Crippen LogP contribution in [0.15, 0.2) is 46.9 Å². The molecule has 1 amide bonds. The van der Waals surface area contributed by atoms with Crippen LogP contribution in [0.3, 0.4) is 0 Å². The molecule has 2 heterocycles. The molecule has 4 aromatic rings. The quantitative estimate of drug-likeness (QED) is 0.424. The topological polar surface area (TPSA) is 58.8 Å². The summed E-state index contributed by atoms with van der Waals surface area (Å²) in [7, 11) is 3.85. The number of carbonyl (C=O) groups is 1. The predicted molar refractivity (Wildman–Crippen MR) is 117 cm³/mol. The number of fused-ring (bicyclic) bond motifs is 2. The minimum Gasteiger partial charge on any atom is -0.490 e. The van der Waals surface area contributed by atoms with Gasteiger partial charge in [-0.15, -0.1) is 0 Å². The second kappa shape index (κ2) is 8.41. The lowest BCUT2D eigenvalue weighted by Gasteiger charge is -2.20. The van der Waals surface area contributed by atoms with E-state index in [9.17, 15) is 9.18 Å². The Kier molecular flexibility index (Phi) is 5.69. The Hall–Kier alpha value is -2.97. The number of nitrogens with zero attached hydrogens (tertiary/aromatic N) is 3. The summed E-state index contributed by atoms with van der Waals surface area (Å²) in [5.41, 5.74) is 0.800. The number of carbonyl (C=O) groups excluding carboxylic acids is 1. The van der Waals surface area contributed by atoms with E-state index >= 15 is 0 Å². The molecule has 0 aliphatic carbocycles. The van der Waals surface area contributed by atoms with E-state index in [1.54, 1.807) is 23.1 Å². The Bertz CT molecular complexity index is 1200. The molecule has 0 N–H and O–H groups in total. The standard InChI is InChI=1S/C22H22FN3O3S/c1-4-28-16-9-5-7-14-13-17(29-20(14)16)21(27)26(12-11-25(2)3)22-24-19-15(23)8-6-10-18(19)30-22/h5-10,13H,4,11-12H2,1-3H3. The summed E-state index contributed by atoms with van der Waals surface area (Å²) in [6.45, 7) is 3.40. The van der Waals surface area contributed by atoms with E-state index in [0.717, 1.165) is 5.39 Å². The lowest BCUT2D eigenvalue weighted by Crippen LogP contribution is -2.36. The first-order valence-electron chi connectivity index (χ1n) is 9.65. The number of rotatable bonds is 7. The van der Waals surface area contributed by atoms with Crippen molar-refractivity contribution in [2.45, 2.75) is 6.92 Å². The van der Waals surface area contributed by atoms with Crippen LogP contribution in [0.2, 0.25) is 0 Å². The first kappa shape index (κ1) is 20.3. The number of hydrogen-bond donors (Lipinski definition) is 0. The van der Waals surface area contributed by atoms with E-state index in [1.807, 2.05) is 44.1 Å². The van der Waals surface area contributed by atoms with Gasteiger partial charge in [-0.25, -0.2) is 9.37 Å². The van der Waals surface area contributed by atoms with E-state index in [-0.39, 0.29) is 17.2 Å². The van der Waals surface area contributed by atoms with Gasteiger partial charge < -0.3 is 14.1 Å². The number of ether oxygens (including phenoxy) is 1. The van der Waals surface area contributed by atoms with Crippen molar-refractivity contribution in [2.24, 2.45) is 0 Å². The summed E-state index contributed by atoms with van der Waals surface area (Å²) in [4.78, 5) is 21.3. The number of benzene rings is 2. The van der Waals surface area contributed by atoms with Crippen LogP contribution >= 0.6 is 11.3 Å². The minimum absolute atomic E-state index is 0.190. The van der Waals surface area contributed by atoms with Crippen LogP contribution in [0.5, 0.6) is 5.75 Å². The van der Waals surface area contributed by atoms with Crippen LogP contribution in [0.4, 0.5) is 9.52 Å². The highest BCUT2D eigenvalue weighted by molar-refractivity contribution is 7.22. The maximum absolute atomic E-state index is 14.2. The van der Waals surface area contributed by atoms with E-state index in [1.165, 1.54) is 17.4 Å². The SMILES string of the molecule is CCOc1cccc2cc(C(=O)N(CCN(C)C)c3nc4c(F)cccc4s3)oc12. The molecule has 4 rings (SSSR count). The fourth-order valence-corrected chi connectivity index (χ4v) is 4.15. The van der Waals surface area contributed by atoms with Gasteiger partial charge in [0.1, 0.15) is 11.3 Å². The van der Waals surface area contributed by atoms with Gasteiger partial charge >= 0.3 is 0 Å². The number of thiazole rings is 1. The molecular weight excluding hydrogens is 405 g/mol. The van der Waals surface area contributed by atoms with E-state index in [0.29, 0.717) is 40.9 Å². The van der Waals surface area contributed by atoms with Crippen LogP contribution in [0.25, 0.3) is 21.2 Å². The van der Waals surface area contributed by atoms with Crippen molar-refractivity contribution >= 4 is 43.6 Å². The normalized spacial score (nSPS) is 11.5. The Morgan fingerprint density at radius 3 is 2.73 bits per heavy atom. The van der Waals surface area contributed by atoms with Gasteiger partial charge in [0.2, 0.25) is 0 Å². The zero-order chi connectivity index (χ0) is 21.3.